The number of hydrogen-bond donors (Lipinski definition) is 18. The Kier molecular flexibility index (Phi) is 42.4. The van der Waals surface area contributed by atoms with Crippen molar-refractivity contribution in [3.05, 3.63) is 0 Å². The second-order valence-electron chi connectivity index (χ2n) is 21.5. The molecule has 89 heavy (non-hydrogen) atoms. The van der Waals surface area contributed by atoms with Gasteiger partial charge in [0.1, 0.15) is 54.7 Å². The van der Waals surface area contributed by atoms with Crippen LogP contribution in [0.4, 0.5) is 0 Å². The SMILES string of the molecule is CCCCCCCCCC(=O)NC[C@@H]1NC(=O)[C@H](CCC(=O)CCCOCCOCC(=O)NC(CCCCN)C(N)=O)NC(=O)[C@@H](CCCN=C(N)N)NC(=O)[C@H](CCCN=C(N)N)NC(=O)[C@@H](CCCN=C(N)N)NC(=O)[C@H](CCCN=C(N)N)NC1=O. The summed E-state index contributed by atoms with van der Waals surface area (Å²) in [6.45, 7) is 1.90. The van der Waals surface area contributed by atoms with E-state index in [0.29, 0.717) is 32.2 Å². The fraction of sp³-hybridized carbons (Fsp3) is 0.745. The Balaban J connectivity index is 3.78. The van der Waals surface area contributed by atoms with Gasteiger partial charge in [0.05, 0.1) is 13.2 Å². The average molecular weight is 1270 g/mol. The number of ether oxygens (including phenoxy) is 2. The van der Waals surface area contributed by atoms with Crippen LogP contribution < -0.4 is 99.9 Å². The normalized spacial score (nSPS) is 18.8. The maximum atomic E-state index is 14.7. The number of nitrogens with zero attached hydrogens (tertiary/aromatic N) is 4. The molecule has 1 unspecified atom stereocenters. The second kappa shape index (κ2) is 47.9. The van der Waals surface area contributed by atoms with Crippen LogP contribution in [-0.4, -0.2) is 191 Å². The van der Waals surface area contributed by atoms with Crippen molar-refractivity contribution in [1.82, 2.24) is 42.5 Å². The average Bonchev–Trinajstić information content (AvgIpc) is 3.42. The summed E-state index contributed by atoms with van der Waals surface area (Å²) >= 11 is 0. The first-order valence-electron chi connectivity index (χ1n) is 30.7. The van der Waals surface area contributed by atoms with Gasteiger partial charge in [-0.2, -0.15) is 0 Å². The third-order valence-electron chi connectivity index (χ3n) is 13.8. The van der Waals surface area contributed by atoms with Gasteiger partial charge >= 0.3 is 0 Å². The summed E-state index contributed by atoms with van der Waals surface area (Å²) in [6, 6.07) is -9.77. The second-order valence-corrected chi connectivity index (χ2v) is 21.5. The van der Waals surface area contributed by atoms with E-state index >= 15 is 0 Å². The summed E-state index contributed by atoms with van der Waals surface area (Å²) in [5.74, 6) is -8.42. The molecule has 0 spiro atoms. The van der Waals surface area contributed by atoms with Crippen molar-refractivity contribution in [3.8, 4) is 0 Å². The zero-order chi connectivity index (χ0) is 66.4. The lowest BCUT2D eigenvalue weighted by Crippen LogP contribution is -2.62. The molecule has 1 aliphatic rings. The number of rotatable bonds is 44. The van der Waals surface area contributed by atoms with Crippen molar-refractivity contribution in [1.29, 1.82) is 0 Å². The summed E-state index contributed by atoms with van der Waals surface area (Å²) in [6.07, 6.45) is 7.75. The molecule has 34 nitrogen and oxygen atoms in total. The van der Waals surface area contributed by atoms with Gasteiger partial charge in [-0.1, -0.05) is 45.4 Å². The molecule has 1 aliphatic heterocycles. The molecule has 0 aliphatic carbocycles. The van der Waals surface area contributed by atoms with Crippen LogP contribution in [0.5, 0.6) is 0 Å². The quantitative estimate of drug-likeness (QED) is 0.0154. The molecule has 0 bridgehead atoms. The van der Waals surface area contributed by atoms with Crippen molar-refractivity contribution >= 4 is 82.8 Å². The van der Waals surface area contributed by atoms with Gasteiger partial charge in [-0.05, 0) is 96.4 Å². The molecule has 506 valence electrons. The van der Waals surface area contributed by atoms with Crippen molar-refractivity contribution in [2.75, 3.05) is 65.7 Å². The summed E-state index contributed by atoms with van der Waals surface area (Å²) in [4.78, 5) is 154. The molecule has 0 aromatic heterocycles. The van der Waals surface area contributed by atoms with Crippen LogP contribution >= 0.6 is 0 Å². The molecule has 1 rings (SSSR count). The number of carbonyl (C=O) groups excluding carboxylic acids is 10. The molecule has 1 fully saturated rings. The molecule has 7 atom stereocenters. The van der Waals surface area contributed by atoms with Gasteiger partial charge in [-0.15, -0.1) is 0 Å². The first-order chi connectivity index (χ1) is 42.5. The smallest absolute Gasteiger partial charge is 0.246 e. The maximum absolute atomic E-state index is 14.7. The van der Waals surface area contributed by atoms with Crippen LogP contribution in [0.25, 0.3) is 0 Å². The molecule has 28 N–H and O–H groups in total. The van der Waals surface area contributed by atoms with Gasteiger partial charge in [0.15, 0.2) is 23.8 Å². The molecular formula is C55H104N22O12. The number of amides is 9. The Morgan fingerprint density at radius 1 is 0.438 bits per heavy atom. The number of nitrogens with two attached hydrogens (primary N) is 10. The molecule has 1 heterocycles. The van der Waals surface area contributed by atoms with Gasteiger partial charge in [-0.25, -0.2) is 0 Å². The molecule has 9 amide bonds. The van der Waals surface area contributed by atoms with Crippen LogP contribution in [0.2, 0.25) is 0 Å². The molecule has 1 saturated heterocycles. The lowest BCUT2D eigenvalue weighted by atomic mass is 10.0. The van der Waals surface area contributed by atoms with Crippen molar-refractivity contribution < 1.29 is 57.4 Å². The van der Waals surface area contributed by atoms with Crippen LogP contribution in [0.15, 0.2) is 20.0 Å². The van der Waals surface area contributed by atoms with E-state index in [1.807, 2.05) is 0 Å². The predicted octanol–water partition coefficient (Wildman–Crippen LogP) is -5.36. The number of nitrogens with one attached hydrogen (secondary N) is 8. The Morgan fingerprint density at radius 3 is 1.25 bits per heavy atom. The maximum Gasteiger partial charge on any atom is 0.246 e. The predicted molar refractivity (Wildman–Crippen MR) is 336 cm³/mol. The largest absolute Gasteiger partial charge is 0.379 e. The lowest BCUT2D eigenvalue weighted by molar-refractivity contribution is -0.137. The van der Waals surface area contributed by atoms with E-state index in [1.165, 1.54) is 0 Å². The first-order valence-corrected chi connectivity index (χ1v) is 30.7. The minimum Gasteiger partial charge on any atom is -0.379 e. The number of guanidine groups is 4. The zero-order valence-electron chi connectivity index (χ0n) is 51.8. The lowest BCUT2D eigenvalue weighted by Gasteiger charge is -2.29. The number of primary amides is 1. The van der Waals surface area contributed by atoms with E-state index in [4.69, 9.17) is 66.8 Å². The van der Waals surface area contributed by atoms with Crippen LogP contribution in [0.3, 0.4) is 0 Å². The van der Waals surface area contributed by atoms with Gasteiger partial charge in [-0.3, -0.25) is 67.9 Å². The Bertz CT molecular complexity index is 2310. The number of unbranched alkanes of at least 4 members (excludes halogenated alkanes) is 7. The monoisotopic (exact) mass is 1260 g/mol. The summed E-state index contributed by atoms with van der Waals surface area (Å²) in [5.41, 5.74) is 55.4. The Hall–Kier alpha value is -8.14. The van der Waals surface area contributed by atoms with Crippen LogP contribution in [0, 0.1) is 0 Å². The van der Waals surface area contributed by atoms with E-state index in [0.717, 1.165) is 38.5 Å². The fourth-order valence-electron chi connectivity index (χ4n) is 8.95. The third kappa shape index (κ3) is 39.4. The standard InChI is InChI=1S/C55H104N22O12/c1-2-3-4-5-6-7-8-22-43(79)70-33-42-51(87)75-40(21-14-29-69-55(64)65)48(84)73-38(19-12-27-67-53(60)61)46(82)72-37(18-11-26-66-52(58)59)47(83)74-39(20-13-28-68-54(62)63)49(85)76-41(50(86)77-42)24-23-35(78)16-15-30-88-31-32-89-34-44(80)71-36(45(57)81)17-9-10-25-56/h36-42H,2-34,56H2,1H3,(H2,57,81)(H,70,79)(H,71,80)(H,72,82)(H,73,84)(H,74,83)(H,75,87)(H,76,85)(H,77,86)(H4,58,59,66)(H4,60,61,67)(H4,62,63,68)(H4,64,65,69)/t36?,37-,38+,39+,40-,41-,42-/m0/s1. The molecule has 0 radical (unpaired) electrons. The first kappa shape index (κ1) is 78.9. The van der Waals surface area contributed by atoms with E-state index in [2.05, 4.69) is 69.4 Å². The highest BCUT2D eigenvalue weighted by Gasteiger charge is 2.35. The highest BCUT2D eigenvalue weighted by Crippen LogP contribution is 2.12. The number of ketones is 1. The third-order valence-corrected chi connectivity index (χ3v) is 13.8. The van der Waals surface area contributed by atoms with Crippen LogP contribution in [0.1, 0.15) is 155 Å². The topological polar surface area (TPSA) is 595 Å². The molecule has 0 aromatic carbocycles. The summed E-state index contributed by atoms with van der Waals surface area (Å²) < 4.78 is 10.9. The number of aliphatic imine (C=N–C) groups is 4. The fourth-order valence-corrected chi connectivity index (χ4v) is 8.95. The molecule has 0 saturated carbocycles. The zero-order valence-corrected chi connectivity index (χ0v) is 51.8. The van der Waals surface area contributed by atoms with E-state index in [9.17, 15) is 47.9 Å². The minimum atomic E-state index is -1.62. The van der Waals surface area contributed by atoms with Crippen LogP contribution in [-0.2, 0) is 57.4 Å². The van der Waals surface area contributed by atoms with Gasteiger partial charge in [0.25, 0.3) is 0 Å². The Labute approximate surface area is 521 Å². The molecule has 0 aromatic rings. The van der Waals surface area contributed by atoms with Gasteiger partial charge in [0, 0.05) is 58.6 Å². The molecule has 34 heteroatoms. The van der Waals surface area contributed by atoms with E-state index < -0.39 is 102 Å². The van der Waals surface area contributed by atoms with Crippen molar-refractivity contribution in [2.45, 2.75) is 197 Å². The van der Waals surface area contributed by atoms with Crippen molar-refractivity contribution in [3.63, 3.8) is 0 Å². The summed E-state index contributed by atoms with van der Waals surface area (Å²) in [5, 5.41) is 21.2. The highest BCUT2D eigenvalue weighted by atomic mass is 16.5. The highest BCUT2D eigenvalue weighted by molar-refractivity contribution is 5.99. The number of hydrogen-bond acceptors (Lipinski definition) is 17. The van der Waals surface area contributed by atoms with E-state index in [1.54, 1.807) is 0 Å². The summed E-state index contributed by atoms with van der Waals surface area (Å²) in [7, 11) is 0. The number of carbonyl (C=O) groups is 10. The van der Waals surface area contributed by atoms with Crippen molar-refractivity contribution in [2.24, 2.45) is 77.3 Å². The Morgan fingerprint density at radius 2 is 0.831 bits per heavy atom. The minimum absolute atomic E-state index is 0.0000175. The molecular weight excluding hydrogens is 1160 g/mol. The van der Waals surface area contributed by atoms with Gasteiger partial charge in [0.2, 0.25) is 53.2 Å². The van der Waals surface area contributed by atoms with E-state index in [-0.39, 0.29) is 166 Å². The number of Topliss-reactive ketones (excluding diaryl/α,β-unsaturated/α-hetero) is 1. The van der Waals surface area contributed by atoms with Gasteiger partial charge < -0.3 is 109 Å².